The number of hydrogen-bond donors (Lipinski definition) is 2. The molecule has 3 N–H and O–H groups in total. The predicted octanol–water partition coefficient (Wildman–Crippen LogP) is 1.46. The van der Waals surface area contributed by atoms with Crippen molar-refractivity contribution in [3.05, 3.63) is 47.7 Å². The molecule has 0 saturated carbocycles. The summed E-state index contributed by atoms with van der Waals surface area (Å²) in [5.41, 5.74) is 7.47. The molecule has 0 bridgehead atoms. The summed E-state index contributed by atoms with van der Waals surface area (Å²) < 4.78 is 32.1. The summed E-state index contributed by atoms with van der Waals surface area (Å²) in [6.45, 7) is 1.83. The highest BCUT2D eigenvalue weighted by Crippen LogP contribution is 2.20. The first-order chi connectivity index (χ1) is 9.94. The maximum Gasteiger partial charge on any atom is 0.241 e. The molecule has 0 aliphatic heterocycles. The average molecular weight is 307 g/mol. The third-order valence-electron chi connectivity index (χ3n) is 3.09. The van der Waals surface area contributed by atoms with Gasteiger partial charge in [0, 0.05) is 24.5 Å². The van der Waals surface area contributed by atoms with E-state index in [2.05, 4.69) is 9.71 Å². The van der Waals surface area contributed by atoms with Crippen molar-refractivity contribution in [1.29, 1.82) is 0 Å². The monoisotopic (exact) mass is 307 g/mol. The number of hydrogen-bond acceptors (Lipinski definition) is 5. The Morgan fingerprint density at radius 2 is 2.05 bits per heavy atom. The Morgan fingerprint density at radius 3 is 2.67 bits per heavy atom. The van der Waals surface area contributed by atoms with Crippen LogP contribution in [-0.4, -0.2) is 20.5 Å². The molecule has 2 aromatic rings. The maximum atomic E-state index is 12.3. The molecule has 0 aliphatic carbocycles. The number of nitrogen functional groups attached to an aromatic ring is 1. The van der Waals surface area contributed by atoms with Crippen LogP contribution in [-0.2, 0) is 16.6 Å². The highest BCUT2D eigenvalue weighted by atomic mass is 32.2. The minimum absolute atomic E-state index is 0.146. The second kappa shape index (κ2) is 6.11. The lowest BCUT2D eigenvalue weighted by Crippen LogP contribution is -2.24. The van der Waals surface area contributed by atoms with Crippen LogP contribution in [0.1, 0.15) is 11.1 Å². The van der Waals surface area contributed by atoms with Crippen molar-refractivity contribution in [2.24, 2.45) is 0 Å². The molecule has 0 saturated heterocycles. The molecule has 0 radical (unpaired) electrons. The number of ether oxygens (including phenoxy) is 1. The number of benzene rings is 1. The minimum Gasteiger partial charge on any atom is -0.481 e. The smallest absolute Gasteiger partial charge is 0.241 e. The molecule has 0 spiro atoms. The van der Waals surface area contributed by atoms with E-state index in [4.69, 9.17) is 10.5 Å². The summed E-state index contributed by atoms with van der Waals surface area (Å²) in [6, 6.07) is 8.24. The Hall–Kier alpha value is -2.12. The number of methoxy groups -OCH3 is 1. The minimum atomic E-state index is -3.62. The lowest BCUT2D eigenvalue weighted by Gasteiger charge is -2.11. The van der Waals surface area contributed by atoms with Gasteiger partial charge < -0.3 is 10.5 Å². The first-order valence-electron chi connectivity index (χ1n) is 6.27. The van der Waals surface area contributed by atoms with Crippen molar-refractivity contribution < 1.29 is 13.2 Å². The molecular formula is C14H17N3O3S. The Morgan fingerprint density at radius 1 is 1.29 bits per heavy atom. The maximum absolute atomic E-state index is 12.3. The number of nitrogens with one attached hydrogen (secondary N) is 1. The van der Waals surface area contributed by atoms with Crippen LogP contribution in [0, 0.1) is 6.92 Å². The van der Waals surface area contributed by atoms with Crippen molar-refractivity contribution in [3.63, 3.8) is 0 Å². The normalized spacial score (nSPS) is 11.3. The molecule has 112 valence electrons. The van der Waals surface area contributed by atoms with Gasteiger partial charge in [-0.2, -0.15) is 0 Å². The third-order valence-corrected chi connectivity index (χ3v) is 4.63. The molecule has 0 fully saturated rings. The molecular weight excluding hydrogens is 290 g/mol. The number of rotatable bonds is 5. The van der Waals surface area contributed by atoms with Crippen molar-refractivity contribution in [2.45, 2.75) is 18.4 Å². The predicted molar refractivity (Wildman–Crippen MR) is 80.4 cm³/mol. The van der Waals surface area contributed by atoms with E-state index in [1.807, 2.05) is 0 Å². The summed E-state index contributed by atoms with van der Waals surface area (Å²) >= 11 is 0. The molecule has 0 aliphatic rings. The van der Waals surface area contributed by atoms with Crippen LogP contribution in [0.15, 0.2) is 41.4 Å². The summed E-state index contributed by atoms with van der Waals surface area (Å²) in [7, 11) is -2.10. The van der Waals surface area contributed by atoms with Gasteiger partial charge in [0.25, 0.3) is 0 Å². The number of nitrogens with two attached hydrogens (primary N) is 1. The molecule has 0 amide bonds. The zero-order chi connectivity index (χ0) is 15.5. The van der Waals surface area contributed by atoms with Gasteiger partial charge in [-0.3, -0.25) is 0 Å². The van der Waals surface area contributed by atoms with Crippen molar-refractivity contribution >= 4 is 15.7 Å². The van der Waals surface area contributed by atoms with E-state index < -0.39 is 10.0 Å². The number of nitrogens with zero attached hydrogens (tertiary/aromatic N) is 1. The number of aromatic nitrogens is 1. The lowest BCUT2D eigenvalue weighted by atomic mass is 10.2. The Labute approximate surface area is 124 Å². The summed E-state index contributed by atoms with van der Waals surface area (Å²) in [5, 5.41) is 0. The largest absolute Gasteiger partial charge is 0.481 e. The number of anilines is 1. The van der Waals surface area contributed by atoms with Gasteiger partial charge in [0.2, 0.25) is 15.9 Å². The van der Waals surface area contributed by atoms with Gasteiger partial charge in [0.05, 0.1) is 12.0 Å². The first-order valence-corrected chi connectivity index (χ1v) is 7.76. The molecule has 21 heavy (non-hydrogen) atoms. The fourth-order valence-corrected chi connectivity index (χ4v) is 3.11. The van der Waals surface area contributed by atoms with Gasteiger partial charge in [-0.15, -0.1) is 0 Å². The number of pyridine rings is 1. The van der Waals surface area contributed by atoms with E-state index in [0.717, 1.165) is 5.56 Å². The van der Waals surface area contributed by atoms with Crippen LogP contribution in [0.2, 0.25) is 0 Å². The van der Waals surface area contributed by atoms with E-state index >= 15 is 0 Å². The second-order valence-corrected chi connectivity index (χ2v) is 6.24. The Bertz CT molecular complexity index is 728. The zero-order valence-electron chi connectivity index (χ0n) is 11.8. The molecule has 7 heteroatoms. The summed E-state index contributed by atoms with van der Waals surface area (Å²) in [6.07, 6.45) is 1.56. The van der Waals surface area contributed by atoms with Gasteiger partial charge in [-0.05, 0) is 30.2 Å². The van der Waals surface area contributed by atoms with Gasteiger partial charge in [-0.25, -0.2) is 18.1 Å². The van der Waals surface area contributed by atoms with Crippen LogP contribution in [0.4, 0.5) is 5.69 Å². The van der Waals surface area contributed by atoms with Crippen LogP contribution >= 0.6 is 0 Å². The molecule has 1 heterocycles. The standard InChI is InChI=1S/C14H17N3O3S/c1-10-12(15)4-3-5-13(10)21(18,19)17-9-11-6-7-14(20-2)16-8-11/h3-8,17H,9,15H2,1-2H3. The Kier molecular flexibility index (Phi) is 4.44. The van der Waals surface area contributed by atoms with Gasteiger partial charge in [0.1, 0.15) is 0 Å². The van der Waals surface area contributed by atoms with E-state index in [9.17, 15) is 8.42 Å². The highest BCUT2D eigenvalue weighted by molar-refractivity contribution is 7.89. The second-order valence-electron chi connectivity index (χ2n) is 4.50. The zero-order valence-corrected chi connectivity index (χ0v) is 12.6. The van der Waals surface area contributed by atoms with E-state index in [1.54, 1.807) is 37.4 Å². The quantitative estimate of drug-likeness (QED) is 0.816. The first kappa shape index (κ1) is 15.3. The SMILES string of the molecule is COc1ccc(CNS(=O)(=O)c2cccc(N)c2C)cn1. The summed E-state index contributed by atoms with van der Waals surface area (Å²) in [4.78, 5) is 4.21. The van der Waals surface area contributed by atoms with Gasteiger partial charge in [-0.1, -0.05) is 12.1 Å². The van der Waals surface area contributed by atoms with E-state index in [1.165, 1.54) is 13.2 Å². The highest BCUT2D eigenvalue weighted by Gasteiger charge is 2.17. The van der Waals surface area contributed by atoms with Crippen molar-refractivity contribution in [2.75, 3.05) is 12.8 Å². The molecule has 1 aromatic heterocycles. The molecule has 0 atom stereocenters. The van der Waals surface area contributed by atoms with Crippen LogP contribution < -0.4 is 15.2 Å². The number of sulfonamides is 1. The topological polar surface area (TPSA) is 94.3 Å². The fourth-order valence-electron chi connectivity index (χ4n) is 1.81. The fraction of sp³-hybridized carbons (Fsp3) is 0.214. The van der Waals surface area contributed by atoms with Crippen LogP contribution in [0.25, 0.3) is 0 Å². The molecule has 2 rings (SSSR count). The van der Waals surface area contributed by atoms with Gasteiger partial charge >= 0.3 is 0 Å². The Balaban J connectivity index is 2.15. The van der Waals surface area contributed by atoms with Crippen LogP contribution in [0.5, 0.6) is 5.88 Å². The van der Waals surface area contributed by atoms with E-state index in [-0.39, 0.29) is 11.4 Å². The molecule has 1 aromatic carbocycles. The van der Waals surface area contributed by atoms with Crippen LogP contribution in [0.3, 0.4) is 0 Å². The molecule has 0 unspecified atom stereocenters. The van der Waals surface area contributed by atoms with Crippen molar-refractivity contribution in [3.8, 4) is 5.88 Å². The average Bonchev–Trinajstić information content (AvgIpc) is 2.48. The van der Waals surface area contributed by atoms with E-state index in [0.29, 0.717) is 17.1 Å². The third kappa shape index (κ3) is 3.50. The molecule has 6 nitrogen and oxygen atoms in total. The summed E-state index contributed by atoms with van der Waals surface area (Å²) in [5.74, 6) is 0.480. The van der Waals surface area contributed by atoms with Crippen molar-refractivity contribution in [1.82, 2.24) is 9.71 Å². The van der Waals surface area contributed by atoms with Gasteiger partial charge in [0.15, 0.2) is 0 Å². The lowest BCUT2D eigenvalue weighted by molar-refractivity contribution is 0.397.